The van der Waals surface area contributed by atoms with Crippen molar-refractivity contribution >= 4 is 5.78 Å². The fraction of sp³-hybridized carbons (Fsp3) is 0.714. The predicted octanol–water partition coefficient (Wildman–Crippen LogP) is 2.61. The lowest BCUT2D eigenvalue weighted by Crippen LogP contribution is -2.41. The molecule has 0 bridgehead atoms. The number of aromatic nitrogens is 2. The standard InChI is InChI=1S/C14H24N2O2/c1-5-9-16-10-8-15-13(16)11-12(17)14(6-2,7-3)18-4/h8,10H,5-7,9,11H2,1-4H3. The summed E-state index contributed by atoms with van der Waals surface area (Å²) >= 11 is 0. The second-order valence-electron chi connectivity index (χ2n) is 4.54. The van der Waals surface area contributed by atoms with E-state index in [1.165, 1.54) is 0 Å². The molecule has 4 nitrogen and oxygen atoms in total. The van der Waals surface area contributed by atoms with Gasteiger partial charge in [-0.05, 0) is 19.3 Å². The van der Waals surface area contributed by atoms with Gasteiger partial charge in [0.25, 0.3) is 0 Å². The number of carbonyl (C=O) groups excluding carboxylic acids is 1. The molecular weight excluding hydrogens is 228 g/mol. The molecule has 4 heteroatoms. The van der Waals surface area contributed by atoms with Crippen molar-refractivity contribution in [3.8, 4) is 0 Å². The van der Waals surface area contributed by atoms with Crippen molar-refractivity contribution in [1.82, 2.24) is 9.55 Å². The Balaban J connectivity index is 2.82. The number of hydrogen-bond donors (Lipinski definition) is 0. The third-order valence-corrected chi connectivity index (χ3v) is 3.63. The summed E-state index contributed by atoms with van der Waals surface area (Å²) in [6.07, 6.45) is 6.47. The number of nitrogens with zero attached hydrogens (tertiary/aromatic N) is 2. The zero-order chi connectivity index (χ0) is 13.6. The Hall–Kier alpha value is -1.16. The van der Waals surface area contributed by atoms with Gasteiger partial charge < -0.3 is 9.30 Å². The average molecular weight is 252 g/mol. The summed E-state index contributed by atoms with van der Waals surface area (Å²) in [6, 6.07) is 0. The van der Waals surface area contributed by atoms with Crippen molar-refractivity contribution in [2.75, 3.05) is 7.11 Å². The summed E-state index contributed by atoms with van der Waals surface area (Å²) in [5, 5.41) is 0. The molecule has 0 unspecified atom stereocenters. The van der Waals surface area contributed by atoms with Crippen LogP contribution in [0.2, 0.25) is 0 Å². The van der Waals surface area contributed by atoms with Gasteiger partial charge >= 0.3 is 0 Å². The van der Waals surface area contributed by atoms with Gasteiger partial charge in [-0.3, -0.25) is 4.79 Å². The van der Waals surface area contributed by atoms with Gasteiger partial charge in [-0.25, -0.2) is 4.98 Å². The summed E-state index contributed by atoms with van der Waals surface area (Å²) in [6.45, 7) is 7.00. The molecule has 0 N–H and O–H groups in total. The van der Waals surface area contributed by atoms with Crippen LogP contribution in [0.5, 0.6) is 0 Å². The van der Waals surface area contributed by atoms with Crippen LogP contribution in [0, 0.1) is 0 Å². The Kier molecular flexibility index (Phi) is 5.54. The summed E-state index contributed by atoms with van der Waals surface area (Å²) in [5.74, 6) is 0.962. The van der Waals surface area contributed by atoms with Gasteiger partial charge in [0.2, 0.25) is 0 Å². The van der Waals surface area contributed by atoms with Crippen LogP contribution in [-0.4, -0.2) is 28.0 Å². The van der Waals surface area contributed by atoms with Gasteiger partial charge in [0.1, 0.15) is 11.4 Å². The Morgan fingerprint density at radius 2 is 2.06 bits per heavy atom. The highest BCUT2D eigenvalue weighted by atomic mass is 16.5. The number of carbonyl (C=O) groups is 1. The summed E-state index contributed by atoms with van der Waals surface area (Å²) in [5.41, 5.74) is -0.650. The minimum Gasteiger partial charge on any atom is -0.370 e. The Labute approximate surface area is 109 Å². The number of ether oxygens (including phenoxy) is 1. The molecule has 1 aromatic heterocycles. The summed E-state index contributed by atoms with van der Waals surface area (Å²) in [7, 11) is 1.61. The molecule has 1 rings (SSSR count). The van der Waals surface area contributed by atoms with Gasteiger partial charge in [-0.1, -0.05) is 20.8 Å². The number of Topliss-reactive ketones (excluding diaryl/α,β-unsaturated/α-hetero) is 1. The van der Waals surface area contributed by atoms with Crippen LogP contribution in [0.4, 0.5) is 0 Å². The minimum absolute atomic E-state index is 0.124. The molecule has 0 aliphatic heterocycles. The molecule has 0 spiro atoms. The topological polar surface area (TPSA) is 44.1 Å². The maximum Gasteiger partial charge on any atom is 0.172 e. The van der Waals surface area contributed by atoms with Crippen LogP contribution >= 0.6 is 0 Å². The molecule has 0 aliphatic carbocycles. The number of aryl methyl sites for hydroxylation is 1. The van der Waals surface area contributed by atoms with Crippen LogP contribution < -0.4 is 0 Å². The highest BCUT2D eigenvalue weighted by molar-refractivity contribution is 5.88. The lowest BCUT2D eigenvalue weighted by molar-refractivity contribution is -0.141. The lowest BCUT2D eigenvalue weighted by Gasteiger charge is -2.28. The molecular formula is C14H24N2O2. The van der Waals surface area contributed by atoms with Gasteiger partial charge in [-0.15, -0.1) is 0 Å². The first-order chi connectivity index (χ1) is 8.63. The lowest BCUT2D eigenvalue weighted by atomic mass is 9.90. The Morgan fingerprint density at radius 1 is 1.39 bits per heavy atom. The SMILES string of the molecule is CCCn1ccnc1CC(=O)C(CC)(CC)OC. The maximum absolute atomic E-state index is 12.4. The zero-order valence-electron chi connectivity index (χ0n) is 11.9. The van der Waals surface area contributed by atoms with E-state index in [-0.39, 0.29) is 5.78 Å². The molecule has 102 valence electrons. The fourth-order valence-corrected chi connectivity index (χ4v) is 2.30. The molecule has 18 heavy (non-hydrogen) atoms. The van der Waals surface area contributed by atoms with Crippen molar-refractivity contribution in [1.29, 1.82) is 0 Å². The van der Waals surface area contributed by atoms with Gasteiger partial charge in [0, 0.05) is 26.0 Å². The summed E-state index contributed by atoms with van der Waals surface area (Å²) in [4.78, 5) is 16.7. The van der Waals surface area contributed by atoms with E-state index in [1.807, 2.05) is 24.6 Å². The fourth-order valence-electron chi connectivity index (χ4n) is 2.30. The smallest absolute Gasteiger partial charge is 0.172 e. The molecule has 0 amide bonds. The Morgan fingerprint density at radius 3 is 2.56 bits per heavy atom. The molecule has 0 saturated heterocycles. The molecule has 0 radical (unpaired) electrons. The number of hydrogen-bond acceptors (Lipinski definition) is 3. The van der Waals surface area contributed by atoms with Crippen LogP contribution in [0.1, 0.15) is 45.9 Å². The van der Waals surface area contributed by atoms with E-state index in [0.717, 1.165) is 18.8 Å². The van der Waals surface area contributed by atoms with E-state index < -0.39 is 5.60 Å². The van der Waals surface area contributed by atoms with Crippen molar-refractivity contribution in [3.05, 3.63) is 18.2 Å². The first-order valence-corrected chi connectivity index (χ1v) is 6.72. The maximum atomic E-state index is 12.4. The van der Waals surface area contributed by atoms with Crippen molar-refractivity contribution in [3.63, 3.8) is 0 Å². The van der Waals surface area contributed by atoms with E-state index in [2.05, 4.69) is 11.9 Å². The number of ketones is 1. The van der Waals surface area contributed by atoms with E-state index in [1.54, 1.807) is 13.3 Å². The monoisotopic (exact) mass is 252 g/mol. The number of methoxy groups -OCH3 is 1. The minimum atomic E-state index is -0.650. The zero-order valence-corrected chi connectivity index (χ0v) is 11.9. The second kappa shape index (κ2) is 6.69. The van der Waals surface area contributed by atoms with Gasteiger partial charge in [0.05, 0.1) is 6.42 Å². The van der Waals surface area contributed by atoms with E-state index in [4.69, 9.17) is 4.74 Å². The second-order valence-corrected chi connectivity index (χ2v) is 4.54. The number of rotatable bonds is 8. The molecule has 1 aromatic rings. The highest BCUT2D eigenvalue weighted by Gasteiger charge is 2.34. The first kappa shape index (κ1) is 14.9. The molecule has 1 heterocycles. The van der Waals surface area contributed by atoms with E-state index in [0.29, 0.717) is 19.3 Å². The van der Waals surface area contributed by atoms with Crippen LogP contribution in [0.3, 0.4) is 0 Å². The quantitative estimate of drug-likeness (QED) is 0.714. The third-order valence-electron chi connectivity index (χ3n) is 3.63. The first-order valence-electron chi connectivity index (χ1n) is 6.72. The normalized spacial score (nSPS) is 11.8. The molecule has 0 aromatic carbocycles. The van der Waals surface area contributed by atoms with Crippen LogP contribution in [0.15, 0.2) is 12.4 Å². The van der Waals surface area contributed by atoms with E-state index >= 15 is 0 Å². The van der Waals surface area contributed by atoms with E-state index in [9.17, 15) is 4.79 Å². The number of imidazole rings is 1. The summed E-state index contributed by atoms with van der Waals surface area (Å²) < 4.78 is 7.51. The molecule has 0 aliphatic rings. The Bertz CT molecular complexity index is 373. The highest BCUT2D eigenvalue weighted by Crippen LogP contribution is 2.22. The van der Waals surface area contributed by atoms with Gasteiger partial charge in [0.15, 0.2) is 5.78 Å². The van der Waals surface area contributed by atoms with Crippen LogP contribution in [0.25, 0.3) is 0 Å². The molecule has 0 fully saturated rings. The van der Waals surface area contributed by atoms with Crippen molar-refractivity contribution in [2.45, 2.75) is 58.6 Å². The van der Waals surface area contributed by atoms with Crippen LogP contribution in [-0.2, 0) is 22.5 Å². The largest absolute Gasteiger partial charge is 0.370 e. The molecule has 0 atom stereocenters. The predicted molar refractivity (Wildman–Crippen MR) is 71.6 cm³/mol. The van der Waals surface area contributed by atoms with Crippen molar-refractivity contribution in [2.24, 2.45) is 0 Å². The molecule has 0 saturated carbocycles. The average Bonchev–Trinajstić information content (AvgIpc) is 2.80. The third kappa shape index (κ3) is 2.99. The van der Waals surface area contributed by atoms with Crippen molar-refractivity contribution < 1.29 is 9.53 Å². The van der Waals surface area contributed by atoms with Gasteiger partial charge in [-0.2, -0.15) is 0 Å².